The molecule has 0 heterocycles. The van der Waals surface area contributed by atoms with Gasteiger partial charge in [0.1, 0.15) is 0 Å². The molecule has 1 unspecified atom stereocenters. The van der Waals surface area contributed by atoms with Crippen LogP contribution < -0.4 is 0 Å². The molecule has 0 amide bonds. The van der Waals surface area contributed by atoms with E-state index < -0.39 is 18.2 Å². The molecule has 0 aliphatic rings. The van der Waals surface area contributed by atoms with E-state index in [0.717, 1.165) is 12.8 Å². The number of unbranched alkanes of at least 4 members (excludes halogenated alkanes) is 5. The van der Waals surface area contributed by atoms with Crippen molar-refractivity contribution in [3.63, 3.8) is 0 Å². The summed E-state index contributed by atoms with van der Waals surface area (Å²) in [7, 11) is 0. The first-order valence-corrected chi connectivity index (χ1v) is 7.63. The molecule has 0 saturated carbocycles. The topological polar surface area (TPSA) is 72.8 Å². The van der Waals surface area contributed by atoms with Crippen LogP contribution in [0.5, 0.6) is 0 Å². The predicted octanol–water partition coefficient (Wildman–Crippen LogP) is 3.51. The number of esters is 1. The van der Waals surface area contributed by atoms with Gasteiger partial charge in [0.2, 0.25) is 6.29 Å². The maximum absolute atomic E-state index is 11.4. The molecular formula is C15H28O5. The van der Waals surface area contributed by atoms with E-state index in [0.29, 0.717) is 13.0 Å². The lowest BCUT2D eigenvalue weighted by molar-refractivity contribution is -0.180. The number of ether oxygens (including phenoxy) is 2. The number of carboxylic acid groups (broad SMARTS) is 1. The molecular weight excluding hydrogens is 260 g/mol. The van der Waals surface area contributed by atoms with E-state index >= 15 is 0 Å². The first-order chi connectivity index (χ1) is 9.60. The van der Waals surface area contributed by atoms with Gasteiger partial charge in [0.15, 0.2) is 0 Å². The van der Waals surface area contributed by atoms with Gasteiger partial charge in [-0.15, -0.1) is 0 Å². The third-order valence-electron chi connectivity index (χ3n) is 2.94. The normalized spacial score (nSPS) is 12.1. The van der Waals surface area contributed by atoms with Crippen molar-refractivity contribution >= 4 is 11.9 Å². The molecule has 1 atom stereocenters. The Labute approximate surface area is 121 Å². The molecule has 20 heavy (non-hydrogen) atoms. The van der Waals surface area contributed by atoms with Crippen LogP contribution in [0.3, 0.4) is 0 Å². The van der Waals surface area contributed by atoms with Crippen LogP contribution in [0.1, 0.15) is 71.6 Å². The van der Waals surface area contributed by atoms with Gasteiger partial charge >= 0.3 is 11.9 Å². The smallest absolute Gasteiger partial charge is 0.308 e. The van der Waals surface area contributed by atoms with Crippen LogP contribution in [-0.2, 0) is 19.1 Å². The van der Waals surface area contributed by atoms with Crippen LogP contribution in [0, 0.1) is 0 Å². The highest BCUT2D eigenvalue weighted by molar-refractivity contribution is 5.76. The monoisotopic (exact) mass is 288 g/mol. The van der Waals surface area contributed by atoms with Gasteiger partial charge in [0.05, 0.1) is 19.4 Å². The highest BCUT2D eigenvalue weighted by Crippen LogP contribution is 2.08. The Bertz CT molecular complexity index is 265. The zero-order valence-electron chi connectivity index (χ0n) is 12.7. The molecule has 0 spiro atoms. The molecule has 0 rings (SSSR count). The lowest BCUT2D eigenvalue weighted by atomic mass is 10.1. The molecule has 0 aromatic carbocycles. The van der Waals surface area contributed by atoms with Crippen molar-refractivity contribution in [3.05, 3.63) is 0 Å². The number of hydrogen-bond donors (Lipinski definition) is 1. The molecule has 0 aliphatic carbocycles. The molecule has 5 heteroatoms. The molecule has 0 bridgehead atoms. The second-order valence-corrected chi connectivity index (χ2v) is 4.86. The average molecular weight is 288 g/mol. The summed E-state index contributed by atoms with van der Waals surface area (Å²) in [6.45, 7) is 4.64. The quantitative estimate of drug-likeness (QED) is 0.319. The summed E-state index contributed by atoms with van der Waals surface area (Å²) in [6, 6.07) is 0. The van der Waals surface area contributed by atoms with Crippen LogP contribution in [-0.4, -0.2) is 29.9 Å². The van der Waals surface area contributed by atoms with E-state index in [-0.39, 0.29) is 12.8 Å². The number of carbonyl (C=O) groups is 2. The molecule has 0 radical (unpaired) electrons. The van der Waals surface area contributed by atoms with Crippen molar-refractivity contribution < 1.29 is 24.2 Å². The summed E-state index contributed by atoms with van der Waals surface area (Å²) in [4.78, 5) is 21.7. The summed E-state index contributed by atoms with van der Waals surface area (Å²) in [5, 5.41) is 8.48. The van der Waals surface area contributed by atoms with E-state index in [2.05, 4.69) is 6.92 Å². The van der Waals surface area contributed by atoms with Gasteiger partial charge in [-0.25, -0.2) is 0 Å². The second-order valence-electron chi connectivity index (χ2n) is 4.86. The second kappa shape index (κ2) is 12.9. The number of hydrogen-bond acceptors (Lipinski definition) is 4. The minimum Gasteiger partial charge on any atom is -0.481 e. The Morgan fingerprint density at radius 2 is 1.65 bits per heavy atom. The minimum atomic E-state index is -0.997. The summed E-state index contributed by atoms with van der Waals surface area (Å²) < 4.78 is 10.6. The SMILES string of the molecule is CCCCCCCCOC(CC)OC(=O)CCC(=O)O. The van der Waals surface area contributed by atoms with Gasteiger partial charge in [-0.3, -0.25) is 9.59 Å². The van der Waals surface area contributed by atoms with Gasteiger partial charge in [0, 0.05) is 6.42 Å². The summed E-state index contributed by atoms with van der Waals surface area (Å²) >= 11 is 0. The molecule has 0 aromatic heterocycles. The van der Waals surface area contributed by atoms with Gasteiger partial charge < -0.3 is 14.6 Å². The van der Waals surface area contributed by atoms with Crippen molar-refractivity contribution in [1.29, 1.82) is 0 Å². The molecule has 0 fully saturated rings. The Morgan fingerprint density at radius 1 is 1.00 bits per heavy atom. The minimum absolute atomic E-state index is 0.105. The Morgan fingerprint density at radius 3 is 2.25 bits per heavy atom. The Balaban J connectivity index is 3.60. The Hall–Kier alpha value is -1.10. The number of rotatable bonds is 13. The van der Waals surface area contributed by atoms with Crippen molar-refractivity contribution in [1.82, 2.24) is 0 Å². The fourth-order valence-corrected chi connectivity index (χ4v) is 1.75. The van der Waals surface area contributed by atoms with E-state index in [1.807, 2.05) is 6.92 Å². The highest BCUT2D eigenvalue weighted by Gasteiger charge is 2.13. The first-order valence-electron chi connectivity index (χ1n) is 7.63. The van der Waals surface area contributed by atoms with E-state index in [4.69, 9.17) is 14.6 Å². The van der Waals surface area contributed by atoms with Gasteiger partial charge in [-0.05, 0) is 6.42 Å². The molecule has 1 N–H and O–H groups in total. The molecule has 118 valence electrons. The Kier molecular flexibility index (Phi) is 12.2. The maximum Gasteiger partial charge on any atom is 0.308 e. The zero-order valence-corrected chi connectivity index (χ0v) is 12.7. The number of aliphatic carboxylic acids is 1. The lowest BCUT2D eigenvalue weighted by Gasteiger charge is -2.16. The third kappa shape index (κ3) is 12.0. The summed E-state index contributed by atoms with van der Waals surface area (Å²) in [5.74, 6) is -1.51. The fourth-order valence-electron chi connectivity index (χ4n) is 1.75. The number of carbonyl (C=O) groups excluding carboxylic acids is 1. The third-order valence-corrected chi connectivity index (χ3v) is 2.94. The standard InChI is InChI=1S/C15H28O5/c1-3-5-6-7-8-9-12-19-15(4-2)20-14(18)11-10-13(16)17/h15H,3-12H2,1-2H3,(H,16,17). The zero-order chi connectivity index (χ0) is 15.2. The molecule has 5 nitrogen and oxygen atoms in total. The molecule has 0 aliphatic heterocycles. The van der Waals surface area contributed by atoms with Crippen LogP contribution in [0.25, 0.3) is 0 Å². The van der Waals surface area contributed by atoms with E-state index in [1.165, 1.54) is 25.7 Å². The van der Waals surface area contributed by atoms with Gasteiger partial charge in [-0.2, -0.15) is 0 Å². The highest BCUT2D eigenvalue weighted by atomic mass is 16.7. The molecule has 0 saturated heterocycles. The fraction of sp³-hybridized carbons (Fsp3) is 0.867. The summed E-state index contributed by atoms with van der Waals surface area (Å²) in [5.41, 5.74) is 0. The van der Waals surface area contributed by atoms with E-state index in [9.17, 15) is 9.59 Å². The van der Waals surface area contributed by atoms with Crippen LogP contribution in [0.15, 0.2) is 0 Å². The van der Waals surface area contributed by atoms with Crippen LogP contribution in [0.4, 0.5) is 0 Å². The summed E-state index contributed by atoms with van der Waals surface area (Å²) in [6.07, 6.45) is 6.81. The average Bonchev–Trinajstić information content (AvgIpc) is 2.42. The van der Waals surface area contributed by atoms with Crippen molar-refractivity contribution in [2.75, 3.05) is 6.61 Å². The maximum atomic E-state index is 11.4. The first kappa shape index (κ1) is 18.9. The van der Waals surface area contributed by atoms with Gasteiger partial charge in [0.25, 0.3) is 0 Å². The van der Waals surface area contributed by atoms with Crippen LogP contribution >= 0.6 is 0 Å². The molecule has 0 aromatic rings. The lowest BCUT2D eigenvalue weighted by Crippen LogP contribution is -2.21. The van der Waals surface area contributed by atoms with Crippen molar-refractivity contribution in [3.8, 4) is 0 Å². The van der Waals surface area contributed by atoms with Crippen molar-refractivity contribution in [2.24, 2.45) is 0 Å². The van der Waals surface area contributed by atoms with E-state index in [1.54, 1.807) is 0 Å². The number of carboxylic acids is 1. The largest absolute Gasteiger partial charge is 0.481 e. The van der Waals surface area contributed by atoms with Crippen LogP contribution in [0.2, 0.25) is 0 Å². The van der Waals surface area contributed by atoms with Crippen molar-refractivity contribution in [2.45, 2.75) is 77.9 Å². The predicted molar refractivity (Wildman–Crippen MR) is 76.4 cm³/mol. The van der Waals surface area contributed by atoms with Gasteiger partial charge in [-0.1, -0.05) is 46.0 Å².